The maximum Gasteiger partial charge on any atom is 0.243 e. The quantitative estimate of drug-likeness (QED) is 0.757. The van der Waals surface area contributed by atoms with Crippen molar-refractivity contribution < 1.29 is 17.6 Å². The van der Waals surface area contributed by atoms with E-state index in [0.717, 1.165) is 11.1 Å². The van der Waals surface area contributed by atoms with Crippen LogP contribution in [0.15, 0.2) is 41.3 Å². The number of halogens is 2. The molecule has 0 saturated carbocycles. The summed E-state index contributed by atoms with van der Waals surface area (Å²) in [4.78, 5) is 14.3. The molecule has 0 aromatic heterocycles. The van der Waals surface area contributed by atoms with Crippen molar-refractivity contribution in [2.24, 2.45) is 0 Å². The van der Waals surface area contributed by atoms with E-state index in [1.165, 1.54) is 16.4 Å². The van der Waals surface area contributed by atoms with Gasteiger partial charge in [-0.25, -0.2) is 12.8 Å². The number of amides is 1. The summed E-state index contributed by atoms with van der Waals surface area (Å²) in [5.41, 5.74) is 2.11. The van der Waals surface area contributed by atoms with Crippen molar-refractivity contribution >= 4 is 27.5 Å². The summed E-state index contributed by atoms with van der Waals surface area (Å²) in [7, 11) is -3.61. The Morgan fingerprint density at radius 2 is 1.75 bits per heavy atom. The lowest BCUT2D eigenvalue weighted by Gasteiger charge is -2.34. The van der Waals surface area contributed by atoms with Crippen LogP contribution in [0, 0.1) is 19.7 Å². The fourth-order valence-corrected chi connectivity index (χ4v) is 4.90. The van der Waals surface area contributed by atoms with Crippen molar-refractivity contribution in [3.8, 4) is 0 Å². The van der Waals surface area contributed by atoms with E-state index in [1.54, 1.807) is 29.2 Å². The zero-order chi connectivity index (χ0) is 20.5. The molecule has 1 aliphatic rings. The molecule has 0 bridgehead atoms. The van der Waals surface area contributed by atoms with Gasteiger partial charge in [0.25, 0.3) is 0 Å². The highest BCUT2D eigenvalue weighted by Gasteiger charge is 2.30. The van der Waals surface area contributed by atoms with E-state index in [2.05, 4.69) is 0 Å². The minimum atomic E-state index is -3.61. The highest BCUT2D eigenvalue weighted by molar-refractivity contribution is 7.89. The molecule has 5 nitrogen and oxygen atoms in total. The van der Waals surface area contributed by atoms with Crippen LogP contribution in [0.1, 0.15) is 16.7 Å². The third-order valence-corrected chi connectivity index (χ3v) is 7.35. The number of hydrogen-bond donors (Lipinski definition) is 0. The van der Waals surface area contributed by atoms with Gasteiger partial charge in [-0.3, -0.25) is 4.79 Å². The largest absolute Gasteiger partial charge is 0.340 e. The highest BCUT2D eigenvalue weighted by Crippen LogP contribution is 2.22. The van der Waals surface area contributed by atoms with Gasteiger partial charge >= 0.3 is 0 Å². The number of benzene rings is 2. The lowest BCUT2D eigenvalue weighted by atomic mass is 10.1. The summed E-state index contributed by atoms with van der Waals surface area (Å²) in [5.74, 6) is -0.785. The van der Waals surface area contributed by atoms with Crippen LogP contribution in [0.3, 0.4) is 0 Å². The maximum absolute atomic E-state index is 13.9. The molecule has 1 saturated heterocycles. The predicted octanol–water partition coefficient (Wildman–Crippen LogP) is 3.17. The molecule has 150 valence electrons. The average Bonchev–Trinajstić information content (AvgIpc) is 2.67. The van der Waals surface area contributed by atoms with E-state index < -0.39 is 15.8 Å². The Hall–Kier alpha value is -1.96. The molecule has 0 unspecified atom stereocenters. The van der Waals surface area contributed by atoms with Crippen LogP contribution in [-0.4, -0.2) is 49.7 Å². The third-order valence-electron chi connectivity index (χ3n) is 5.10. The van der Waals surface area contributed by atoms with Crippen LogP contribution in [0.4, 0.5) is 4.39 Å². The van der Waals surface area contributed by atoms with Gasteiger partial charge in [-0.15, -0.1) is 0 Å². The number of piperazine rings is 1. The van der Waals surface area contributed by atoms with Gasteiger partial charge in [0.2, 0.25) is 15.9 Å². The van der Waals surface area contributed by atoms with E-state index in [1.807, 2.05) is 13.8 Å². The average molecular weight is 425 g/mol. The second-order valence-corrected chi connectivity index (χ2v) is 9.25. The Morgan fingerprint density at radius 1 is 1.07 bits per heavy atom. The third kappa shape index (κ3) is 4.21. The maximum atomic E-state index is 13.9. The Morgan fingerprint density at radius 3 is 2.36 bits per heavy atom. The number of nitrogens with zero attached hydrogens (tertiary/aromatic N) is 2. The van der Waals surface area contributed by atoms with Crippen LogP contribution in [0.25, 0.3) is 0 Å². The standard InChI is InChI=1S/C20H22ClFN2O3S/c1-14-6-7-16(12-15(14)2)28(26,27)24-10-8-23(9-11-24)20(25)13-17-18(21)4-3-5-19(17)22/h3-7,12H,8-11,13H2,1-2H3. The number of hydrogen-bond acceptors (Lipinski definition) is 3. The predicted molar refractivity (Wildman–Crippen MR) is 106 cm³/mol. The number of sulfonamides is 1. The molecule has 2 aromatic carbocycles. The molecule has 0 radical (unpaired) electrons. The Bertz CT molecular complexity index is 982. The molecule has 0 aliphatic carbocycles. The fraction of sp³-hybridized carbons (Fsp3) is 0.350. The van der Waals surface area contributed by atoms with Crippen molar-refractivity contribution in [2.45, 2.75) is 25.2 Å². The molecule has 28 heavy (non-hydrogen) atoms. The second kappa shape index (κ2) is 8.19. The molecule has 1 amide bonds. The summed E-state index contributed by atoms with van der Waals surface area (Å²) in [6.07, 6.45) is -0.143. The van der Waals surface area contributed by atoms with Crippen molar-refractivity contribution in [3.63, 3.8) is 0 Å². The van der Waals surface area contributed by atoms with Crippen molar-refractivity contribution in [3.05, 3.63) is 63.9 Å². The molecule has 1 fully saturated rings. The van der Waals surface area contributed by atoms with Gasteiger partial charge in [-0.2, -0.15) is 4.31 Å². The first-order valence-electron chi connectivity index (χ1n) is 8.98. The van der Waals surface area contributed by atoms with Gasteiger partial charge in [-0.05, 0) is 49.2 Å². The van der Waals surface area contributed by atoms with E-state index in [0.29, 0.717) is 0 Å². The molecule has 8 heteroatoms. The van der Waals surface area contributed by atoms with Gasteiger partial charge in [-0.1, -0.05) is 23.7 Å². The van der Waals surface area contributed by atoms with Gasteiger partial charge in [0.15, 0.2) is 0 Å². The first-order valence-corrected chi connectivity index (χ1v) is 10.8. The van der Waals surface area contributed by atoms with E-state index in [4.69, 9.17) is 11.6 Å². The van der Waals surface area contributed by atoms with Crippen molar-refractivity contribution in [1.82, 2.24) is 9.21 Å². The molecule has 1 aliphatic heterocycles. The summed E-state index contributed by atoms with van der Waals surface area (Å²) in [6.45, 7) is 4.72. The topological polar surface area (TPSA) is 57.7 Å². The summed E-state index contributed by atoms with van der Waals surface area (Å²) >= 11 is 5.99. The number of carbonyl (C=O) groups is 1. The molecular weight excluding hydrogens is 403 g/mol. The van der Waals surface area contributed by atoms with Crippen LogP contribution in [0.5, 0.6) is 0 Å². The minimum absolute atomic E-state index is 0.143. The van der Waals surface area contributed by atoms with Crippen molar-refractivity contribution in [1.29, 1.82) is 0 Å². The van der Waals surface area contributed by atoms with Crippen LogP contribution in [0.2, 0.25) is 5.02 Å². The monoisotopic (exact) mass is 424 g/mol. The zero-order valence-corrected chi connectivity index (χ0v) is 17.4. The fourth-order valence-electron chi connectivity index (χ4n) is 3.17. The van der Waals surface area contributed by atoms with Crippen LogP contribution in [-0.2, 0) is 21.2 Å². The van der Waals surface area contributed by atoms with Gasteiger partial charge in [0.05, 0.1) is 11.3 Å². The molecule has 0 N–H and O–H groups in total. The van der Waals surface area contributed by atoms with E-state index >= 15 is 0 Å². The lowest BCUT2D eigenvalue weighted by molar-refractivity contribution is -0.131. The molecule has 3 rings (SSSR count). The molecule has 0 atom stereocenters. The minimum Gasteiger partial charge on any atom is -0.340 e. The normalized spacial score (nSPS) is 15.6. The molecule has 0 spiro atoms. The first kappa shape index (κ1) is 20.8. The summed E-state index contributed by atoms with van der Waals surface area (Å²) in [5, 5.41) is 0.212. The van der Waals surface area contributed by atoms with E-state index in [9.17, 15) is 17.6 Å². The molecular formula is C20H22ClFN2O3S. The van der Waals surface area contributed by atoms with Gasteiger partial charge in [0, 0.05) is 36.8 Å². The Labute approximate surface area is 169 Å². The second-order valence-electron chi connectivity index (χ2n) is 6.91. The summed E-state index contributed by atoms with van der Waals surface area (Å²) in [6, 6.07) is 9.36. The van der Waals surface area contributed by atoms with Gasteiger partial charge in [0.1, 0.15) is 5.82 Å². The zero-order valence-electron chi connectivity index (χ0n) is 15.8. The SMILES string of the molecule is Cc1ccc(S(=O)(=O)N2CCN(C(=O)Cc3c(F)cccc3Cl)CC2)cc1C. The van der Waals surface area contributed by atoms with E-state index in [-0.39, 0.29) is 54.0 Å². The van der Waals surface area contributed by atoms with Crippen LogP contribution >= 0.6 is 11.6 Å². The Kier molecular flexibility index (Phi) is 6.07. The number of carbonyl (C=O) groups excluding carboxylic acids is 1. The molecule has 1 heterocycles. The van der Waals surface area contributed by atoms with Gasteiger partial charge < -0.3 is 4.90 Å². The van der Waals surface area contributed by atoms with Crippen molar-refractivity contribution in [2.75, 3.05) is 26.2 Å². The summed E-state index contributed by atoms with van der Waals surface area (Å²) < 4.78 is 41.0. The molecule has 2 aromatic rings. The van der Waals surface area contributed by atoms with Crippen LogP contribution < -0.4 is 0 Å². The highest BCUT2D eigenvalue weighted by atomic mass is 35.5. The first-order chi connectivity index (χ1) is 13.2. The number of rotatable bonds is 4. The Balaban J connectivity index is 1.66. The smallest absolute Gasteiger partial charge is 0.243 e. The number of aryl methyl sites for hydroxylation is 2. The lowest BCUT2D eigenvalue weighted by Crippen LogP contribution is -2.50.